The number of carbonyl (C=O) groups is 1. The van der Waals surface area contributed by atoms with Gasteiger partial charge in [0.2, 0.25) is 0 Å². The van der Waals surface area contributed by atoms with E-state index in [0.717, 1.165) is 18.0 Å². The summed E-state index contributed by atoms with van der Waals surface area (Å²) in [5, 5.41) is 16.0. The third kappa shape index (κ3) is 3.93. The number of nitrogens with zero attached hydrogens (tertiary/aromatic N) is 2. The fourth-order valence-electron chi connectivity index (χ4n) is 1.25. The topological polar surface area (TPSA) is 75.1 Å². The number of amides is 1. The molecular weight excluding hydrogens is 214 g/mol. The predicted octanol–water partition coefficient (Wildman–Crippen LogP) is 0.819. The van der Waals surface area contributed by atoms with Crippen LogP contribution >= 0.6 is 11.5 Å². The van der Waals surface area contributed by atoms with Crippen LogP contribution in [0.3, 0.4) is 0 Å². The molecule has 0 spiro atoms. The van der Waals surface area contributed by atoms with Gasteiger partial charge in [-0.1, -0.05) is 17.8 Å². The van der Waals surface area contributed by atoms with Crippen molar-refractivity contribution in [3.8, 4) is 0 Å². The number of hydrogen-bond donors (Lipinski definition) is 2. The Morgan fingerprint density at radius 2 is 2.47 bits per heavy atom. The van der Waals surface area contributed by atoms with E-state index in [4.69, 9.17) is 0 Å². The fraction of sp³-hybridized carbons (Fsp3) is 0.667. The Morgan fingerprint density at radius 3 is 3.00 bits per heavy atom. The predicted molar refractivity (Wildman–Crippen MR) is 57.8 cm³/mol. The maximum Gasteiger partial charge on any atom is 0.264 e. The monoisotopic (exact) mass is 229 g/mol. The first-order chi connectivity index (χ1) is 7.05. The van der Waals surface area contributed by atoms with Crippen molar-refractivity contribution in [2.45, 2.75) is 32.3 Å². The molecule has 0 radical (unpaired) electrons. The molecule has 1 rings (SSSR count). The van der Waals surface area contributed by atoms with Crippen LogP contribution in [0.4, 0.5) is 0 Å². The number of aliphatic hydroxyl groups is 1. The average Bonchev–Trinajstić information content (AvgIpc) is 2.67. The fourth-order valence-corrected chi connectivity index (χ4v) is 1.68. The maximum absolute atomic E-state index is 11.5. The molecule has 5 nitrogen and oxygen atoms in total. The van der Waals surface area contributed by atoms with Crippen molar-refractivity contribution in [1.29, 1.82) is 0 Å². The van der Waals surface area contributed by atoms with Crippen LogP contribution in [0, 0.1) is 0 Å². The van der Waals surface area contributed by atoms with Gasteiger partial charge in [-0.2, -0.15) is 0 Å². The Bertz CT molecular complexity index is 311. The molecule has 1 aromatic rings. The summed E-state index contributed by atoms with van der Waals surface area (Å²) in [6, 6.07) is 0. The molecule has 84 valence electrons. The van der Waals surface area contributed by atoms with Crippen LogP contribution in [0.15, 0.2) is 6.20 Å². The molecule has 2 N–H and O–H groups in total. The van der Waals surface area contributed by atoms with Crippen molar-refractivity contribution in [3.63, 3.8) is 0 Å². The largest absolute Gasteiger partial charge is 0.388 e. The van der Waals surface area contributed by atoms with Gasteiger partial charge < -0.3 is 10.4 Å². The van der Waals surface area contributed by atoms with Gasteiger partial charge in [-0.25, -0.2) is 0 Å². The molecule has 0 aromatic carbocycles. The van der Waals surface area contributed by atoms with E-state index in [9.17, 15) is 9.90 Å². The summed E-state index contributed by atoms with van der Waals surface area (Å²) in [6.07, 6.45) is 2.95. The third-order valence-corrected chi connectivity index (χ3v) is 2.67. The zero-order valence-electron chi connectivity index (χ0n) is 8.86. The zero-order chi connectivity index (χ0) is 11.3. The van der Waals surface area contributed by atoms with Gasteiger partial charge in [0, 0.05) is 6.54 Å². The summed E-state index contributed by atoms with van der Waals surface area (Å²) < 4.78 is 3.59. The number of aromatic nitrogens is 2. The summed E-state index contributed by atoms with van der Waals surface area (Å²) in [5.41, 5.74) is -0.845. The van der Waals surface area contributed by atoms with Gasteiger partial charge in [0.05, 0.1) is 11.8 Å². The van der Waals surface area contributed by atoms with Gasteiger partial charge >= 0.3 is 0 Å². The average molecular weight is 229 g/mol. The van der Waals surface area contributed by atoms with Crippen LogP contribution in [0.2, 0.25) is 0 Å². The molecular formula is C9H15N3O2S. The molecule has 6 heteroatoms. The van der Waals surface area contributed by atoms with Crippen molar-refractivity contribution in [3.05, 3.63) is 11.1 Å². The summed E-state index contributed by atoms with van der Waals surface area (Å²) in [7, 11) is 0. The van der Waals surface area contributed by atoms with Crippen LogP contribution in [0.25, 0.3) is 0 Å². The van der Waals surface area contributed by atoms with E-state index in [1.165, 1.54) is 6.20 Å². The van der Waals surface area contributed by atoms with E-state index in [1.807, 2.05) is 6.92 Å². The molecule has 1 amide bonds. The quantitative estimate of drug-likeness (QED) is 0.783. The SMILES string of the molecule is CCCC(C)(O)CNC(=O)c1cnns1. The highest BCUT2D eigenvalue weighted by molar-refractivity contribution is 7.07. The van der Waals surface area contributed by atoms with E-state index in [1.54, 1.807) is 6.92 Å². The van der Waals surface area contributed by atoms with Crippen molar-refractivity contribution in [2.24, 2.45) is 0 Å². The highest BCUT2D eigenvalue weighted by Gasteiger charge is 2.20. The normalized spacial score (nSPS) is 14.6. The van der Waals surface area contributed by atoms with E-state index >= 15 is 0 Å². The molecule has 1 heterocycles. The Kier molecular flexibility index (Phi) is 4.16. The number of nitrogens with one attached hydrogen (secondary N) is 1. The lowest BCUT2D eigenvalue weighted by Gasteiger charge is -2.22. The lowest BCUT2D eigenvalue weighted by molar-refractivity contribution is 0.0470. The van der Waals surface area contributed by atoms with Crippen LogP contribution in [-0.2, 0) is 0 Å². The van der Waals surface area contributed by atoms with Crippen LogP contribution in [0.5, 0.6) is 0 Å². The molecule has 1 atom stereocenters. The van der Waals surface area contributed by atoms with E-state index in [-0.39, 0.29) is 12.5 Å². The first-order valence-electron chi connectivity index (χ1n) is 4.83. The number of hydrogen-bond acceptors (Lipinski definition) is 5. The smallest absolute Gasteiger partial charge is 0.264 e. The maximum atomic E-state index is 11.5. The molecule has 0 saturated heterocycles. The minimum Gasteiger partial charge on any atom is -0.388 e. The van der Waals surface area contributed by atoms with Crippen LogP contribution < -0.4 is 5.32 Å². The van der Waals surface area contributed by atoms with Gasteiger partial charge in [-0.15, -0.1) is 5.10 Å². The van der Waals surface area contributed by atoms with Gasteiger partial charge in [0.15, 0.2) is 0 Å². The summed E-state index contributed by atoms with van der Waals surface area (Å²) in [6.45, 7) is 3.95. The summed E-state index contributed by atoms with van der Waals surface area (Å²) >= 11 is 1.04. The Morgan fingerprint density at radius 1 is 1.73 bits per heavy atom. The molecule has 1 unspecified atom stereocenters. The Hall–Kier alpha value is -1.01. The van der Waals surface area contributed by atoms with Crippen molar-refractivity contribution >= 4 is 17.4 Å². The van der Waals surface area contributed by atoms with Gasteiger partial charge in [-0.05, 0) is 24.9 Å². The lowest BCUT2D eigenvalue weighted by atomic mass is 10.0. The minimum atomic E-state index is -0.845. The summed E-state index contributed by atoms with van der Waals surface area (Å²) in [4.78, 5) is 11.9. The standard InChI is InChI=1S/C9H15N3O2S/c1-3-4-9(2,14)6-10-8(13)7-5-11-12-15-7/h5,14H,3-4,6H2,1-2H3,(H,10,13). The minimum absolute atomic E-state index is 0.235. The van der Waals surface area contributed by atoms with Crippen molar-refractivity contribution in [2.75, 3.05) is 6.54 Å². The van der Waals surface area contributed by atoms with Crippen molar-refractivity contribution in [1.82, 2.24) is 14.9 Å². The molecule has 0 bridgehead atoms. The molecule has 0 fully saturated rings. The summed E-state index contributed by atoms with van der Waals surface area (Å²) in [5.74, 6) is -0.235. The first kappa shape index (κ1) is 12.1. The molecule has 1 aromatic heterocycles. The second kappa shape index (κ2) is 5.18. The Balaban J connectivity index is 2.40. The van der Waals surface area contributed by atoms with E-state index in [0.29, 0.717) is 11.3 Å². The van der Waals surface area contributed by atoms with Gasteiger partial charge in [0.25, 0.3) is 5.91 Å². The molecule has 0 aliphatic rings. The second-order valence-electron chi connectivity index (χ2n) is 3.71. The third-order valence-electron chi connectivity index (χ3n) is 2.00. The highest BCUT2D eigenvalue weighted by Crippen LogP contribution is 2.10. The second-order valence-corrected chi connectivity index (χ2v) is 4.50. The van der Waals surface area contributed by atoms with Crippen LogP contribution in [0.1, 0.15) is 36.4 Å². The highest BCUT2D eigenvalue weighted by atomic mass is 32.1. The number of rotatable bonds is 5. The molecule has 0 saturated carbocycles. The van der Waals surface area contributed by atoms with E-state index < -0.39 is 5.60 Å². The van der Waals surface area contributed by atoms with Gasteiger partial charge in [-0.3, -0.25) is 4.79 Å². The first-order valence-corrected chi connectivity index (χ1v) is 5.60. The molecule has 0 aliphatic heterocycles. The van der Waals surface area contributed by atoms with Gasteiger partial charge in [0.1, 0.15) is 4.88 Å². The van der Waals surface area contributed by atoms with E-state index in [2.05, 4.69) is 14.9 Å². The molecule has 0 aliphatic carbocycles. The van der Waals surface area contributed by atoms with Crippen molar-refractivity contribution < 1.29 is 9.90 Å². The molecule has 15 heavy (non-hydrogen) atoms. The zero-order valence-corrected chi connectivity index (χ0v) is 9.67. The lowest BCUT2D eigenvalue weighted by Crippen LogP contribution is -2.40. The number of carbonyl (C=O) groups excluding carboxylic acids is 1. The van der Waals surface area contributed by atoms with Crippen LogP contribution in [-0.4, -0.2) is 32.7 Å². The Labute approximate surface area is 92.7 Å².